The van der Waals surface area contributed by atoms with Crippen molar-refractivity contribution in [1.82, 2.24) is 4.90 Å². The van der Waals surface area contributed by atoms with Gasteiger partial charge in [-0.25, -0.2) is 0 Å². The summed E-state index contributed by atoms with van der Waals surface area (Å²) in [6.07, 6.45) is 0.838. The number of carbonyl (C=O) groups excluding carboxylic acids is 1. The minimum Gasteiger partial charge on any atom is -0.339 e. The molecule has 16 heavy (non-hydrogen) atoms. The third-order valence-corrected chi connectivity index (χ3v) is 3.54. The summed E-state index contributed by atoms with van der Waals surface area (Å²) in [6, 6.07) is 7.65. The molecule has 0 heterocycles. The lowest BCUT2D eigenvalue weighted by atomic mass is 10.2. The van der Waals surface area contributed by atoms with E-state index in [1.807, 2.05) is 36.1 Å². The second-order valence-corrected chi connectivity index (χ2v) is 4.95. The number of amides is 1. The van der Waals surface area contributed by atoms with E-state index in [2.05, 4.69) is 22.6 Å². The zero-order chi connectivity index (χ0) is 12.0. The molecule has 0 atom stereocenters. The smallest absolute Gasteiger partial charge is 0.254 e. The molecule has 0 aliphatic rings. The number of rotatable bonds is 5. The molecular weight excluding hydrogens is 336 g/mol. The molecule has 0 aliphatic carbocycles. The van der Waals surface area contributed by atoms with Gasteiger partial charge in [0.25, 0.3) is 5.91 Å². The molecule has 0 spiro atoms. The highest BCUT2D eigenvalue weighted by atomic mass is 127. The van der Waals surface area contributed by atoms with E-state index in [4.69, 9.17) is 11.6 Å². The van der Waals surface area contributed by atoms with Gasteiger partial charge < -0.3 is 4.90 Å². The Morgan fingerprint density at radius 1 is 1.44 bits per heavy atom. The summed E-state index contributed by atoms with van der Waals surface area (Å²) in [5, 5.41) is 0. The largest absolute Gasteiger partial charge is 0.339 e. The first-order chi connectivity index (χ1) is 7.70. The minimum absolute atomic E-state index is 0.0950. The molecule has 0 saturated carbocycles. The summed E-state index contributed by atoms with van der Waals surface area (Å²) in [5.74, 6) is 0.688. The van der Waals surface area contributed by atoms with E-state index in [0.717, 1.165) is 28.6 Å². The molecule has 0 bridgehead atoms. The first-order valence-electron chi connectivity index (χ1n) is 5.30. The van der Waals surface area contributed by atoms with Crippen LogP contribution in [0.4, 0.5) is 0 Å². The summed E-state index contributed by atoms with van der Waals surface area (Å²) in [7, 11) is 0. The van der Waals surface area contributed by atoms with Crippen LogP contribution in [0.25, 0.3) is 0 Å². The van der Waals surface area contributed by atoms with Gasteiger partial charge in [-0.1, -0.05) is 12.1 Å². The molecule has 0 radical (unpaired) electrons. The topological polar surface area (TPSA) is 20.3 Å². The van der Waals surface area contributed by atoms with E-state index in [9.17, 15) is 4.79 Å². The maximum Gasteiger partial charge on any atom is 0.254 e. The van der Waals surface area contributed by atoms with Gasteiger partial charge in [0, 0.05) is 22.5 Å². The summed E-state index contributed by atoms with van der Waals surface area (Å²) in [4.78, 5) is 14.0. The van der Waals surface area contributed by atoms with Gasteiger partial charge in [0.1, 0.15) is 0 Å². The van der Waals surface area contributed by atoms with Crippen molar-refractivity contribution in [3.05, 3.63) is 33.4 Å². The van der Waals surface area contributed by atoms with Crippen molar-refractivity contribution in [2.45, 2.75) is 13.3 Å². The second-order valence-electron chi connectivity index (χ2n) is 3.41. The Kier molecular flexibility index (Phi) is 6.13. The Morgan fingerprint density at radius 2 is 2.12 bits per heavy atom. The first kappa shape index (κ1) is 13.8. The van der Waals surface area contributed by atoms with Crippen molar-refractivity contribution in [2.75, 3.05) is 19.0 Å². The molecule has 0 saturated heterocycles. The lowest BCUT2D eigenvalue weighted by Gasteiger charge is -2.21. The Balaban J connectivity index is 2.79. The normalized spacial score (nSPS) is 10.2. The molecule has 1 aromatic carbocycles. The van der Waals surface area contributed by atoms with E-state index >= 15 is 0 Å². The molecule has 0 fully saturated rings. The Labute approximate surface area is 115 Å². The maximum atomic E-state index is 12.2. The van der Waals surface area contributed by atoms with Crippen LogP contribution >= 0.6 is 34.2 Å². The summed E-state index contributed by atoms with van der Waals surface area (Å²) in [6.45, 7) is 3.44. The van der Waals surface area contributed by atoms with Crippen molar-refractivity contribution >= 4 is 40.1 Å². The van der Waals surface area contributed by atoms with Crippen molar-refractivity contribution in [3.8, 4) is 0 Å². The van der Waals surface area contributed by atoms with Gasteiger partial charge >= 0.3 is 0 Å². The molecule has 0 N–H and O–H groups in total. The fraction of sp³-hybridized carbons (Fsp3) is 0.417. The lowest BCUT2D eigenvalue weighted by molar-refractivity contribution is 0.0764. The van der Waals surface area contributed by atoms with Crippen LogP contribution in [0.5, 0.6) is 0 Å². The summed E-state index contributed by atoms with van der Waals surface area (Å²) >= 11 is 7.83. The van der Waals surface area contributed by atoms with Crippen LogP contribution in [0.15, 0.2) is 24.3 Å². The molecule has 1 rings (SSSR count). The molecule has 88 valence electrons. The molecule has 0 aromatic heterocycles. The summed E-state index contributed by atoms with van der Waals surface area (Å²) in [5.41, 5.74) is 0.777. The van der Waals surface area contributed by atoms with E-state index in [1.165, 1.54) is 0 Å². The standard InChI is InChI=1S/C12H15ClINO/c1-2-15(9-5-8-13)12(16)10-6-3-4-7-11(10)14/h3-4,6-7H,2,5,8-9H2,1H3. The Hall–Kier alpha value is -0.290. The van der Waals surface area contributed by atoms with Crippen LogP contribution in [-0.2, 0) is 0 Å². The number of hydrogen-bond donors (Lipinski definition) is 0. The van der Waals surface area contributed by atoms with Gasteiger partial charge in [-0.2, -0.15) is 0 Å². The van der Waals surface area contributed by atoms with Crippen LogP contribution in [0.2, 0.25) is 0 Å². The lowest BCUT2D eigenvalue weighted by Crippen LogP contribution is -2.32. The Morgan fingerprint density at radius 3 is 2.69 bits per heavy atom. The van der Waals surface area contributed by atoms with Gasteiger partial charge in [0.2, 0.25) is 0 Å². The third kappa shape index (κ3) is 3.63. The van der Waals surface area contributed by atoms with E-state index in [1.54, 1.807) is 0 Å². The van der Waals surface area contributed by atoms with Crippen molar-refractivity contribution in [2.24, 2.45) is 0 Å². The van der Waals surface area contributed by atoms with E-state index < -0.39 is 0 Å². The van der Waals surface area contributed by atoms with Gasteiger partial charge in [-0.3, -0.25) is 4.79 Å². The zero-order valence-corrected chi connectivity index (χ0v) is 12.2. The number of alkyl halides is 1. The van der Waals surface area contributed by atoms with Crippen LogP contribution in [0.1, 0.15) is 23.7 Å². The molecule has 1 amide bonds. The highest BCUT2D eigenvalue weighted by molar-refractivity contribution is 14.1. The average Bonchev–Trinajstić information content (AvgIpc) is 2.30. The van der Waals surface area contributed by atoms with Crippen LogP contribution < -0.4 is 0 Å². The predicted octanol–water partition coefficient (Wildman–Crippen LogP) is 3.38. The maximum absolute atomic E-state index is 12.2. The van der Waals surface area contributed by atoms with Gasteiger partial charge in [-0.05, 0) is 48.1 Å². The van der Waals surface area contributed by atoms with Crippen LogP contribution in [0, 0.1) is 3.57 Å². The van der Waals surface area contributed by atoms with E-state index in [-0.39, 0.29) is 5.91 Å². The van der Waals surface area contributed by atoms with Gasteiger partial charge in [0.05, 0.1) is 5.56 Å². The quantitative estimate of drug-likeness (QED) is 0.588. The first-order valence-corrected chi connectivity index (χ1v) is 6.91. The number of hydrogen-bond acceptors (Lipinski definition) is 1. The monoisotopic (exact) mass is 351 g/mol. The molecular formula is C12H15ClINO. The predicted molar refractivity (Wildman–Crippen MR) is 76.1 cm³/mol. The van der Waals surface area contributed by atoms with Crippen molar-refractivity contribution in [3.63, 3.8) is 0 Å². The van der Waals surface area contributed by atoms with Gasteiger partial charge in [0.15, 0.2) is 0 Å². The fourth-order valence-corrected chi connectivity index (χ4v) is 2.20. The average molecular weight is 352 g/mol. The highest BCUT2D eigenvalue weighted by Crippen LogP contribution is 2.14. The number of nitrogens with zero attached hydrogens (tertiary/aromatic N) is 1. The van der Waals surface area contributed by atoms with Crippen molar-refractivity contribution in [1.29, 1.82) is 0 Å². The molecule has 0 unspecified atom stereocenters. The van der Waals surface area contributed by atoms with E-state index in [0.29, 0.717) is 5.88 Å². The van der Waals surface area contributed by atoms with Gasteiger partial charge in [-0.15, -0.1) is 11.6 Å². The fourth-order valence-electron chi connectivity index (χ4n) is 1.46. The molecule has 2 nitrogen and oxygen atoms in total. The third-order valence-electron chi connectivity index (χ3n) is 2.33. The Bertz CT molecular complexity index is 357. The van der Waals surface area contributed by atoms with Crippen LogP contribution in [-0.4, -0.2) is 29.8 Å². The molecule has 1 aromatic rings. The molecule has 0 aliphatic heterocycles. The number of benzene rings is 1. The zero-order valence-electron chi connectivity index (χ0n) is 9.25. The van der Waals surface area contributed by atoms with Crippen molar-refractivity contribution < 1.29 is 4.79 Å². The molecule has 4 heteroatoms. The van der Waals surface area contributed by atoms with Crippen LogP contribution in [0.3, 0.4) is 0 Å². The number of halogens is 2. The summed E-state index contributed by atoms with van der Waals surface area (Å²) < 4.78 is 0.995. The number of carbonyl (C=O) groups is 1. The second kappa shape index (κ2) is 7.12. The highest BCUT2D eigenvalue weighted by Gasteiger charge is 2.15. The SMILES string of the molecule is CCN(CCCCl)C(=O)c1ccccc1I. The minimum atomic E-state index is 0.0950.